The second-order valence-electron chi connectivity index (χ2n) is 4.45. The second kappa shape index (κ2) is 8.97. The second-order valence-corrected chi connectivity index (χ2v) is 4.45. The first-order valence-electron chi connectivity index (χ1n) is 6.80. The highest BCUT2D eigenvalue weighted by Gasteiger charge is 2.19. The van der Waals surface area contributed by atoms with Crippen molar-refractivity contribution in [2.75, 3.05) is 20.3 Å². The third kappa shape index (κ3) is 5.83. The lowest BCUT2D eigenvalue weighted by molar-refractivity contribution is -0.143. The number of hydrogen-bond acceptors (Lipinski definition) is 4. The first-order chi connectivity index (χ1) is 10.1. The fourth-order valence-electron chi connectivity index (χ4n) is 1.86. The van der Waals surface area contributed by atoms with Crippen molar-refractivity contribution in [1.82, 2.24) is 5.32 Å². The van der Waals surface area contributed by atoms with Crippen LogP contribution in [0, 0.1) is 0 Å². The normalized spacial score (nSPS) is 11.7. The van der Waals surface area contributed by atoms with Crippen LogP contribution in [0.2, 0.25) is 0 Å². The number of benzene rings is 1. The maximum absolute atomic E-state index is 11.8. The molecule has 0 heterocycles. The molecule has 0 aliphatic rings. The van der Waals surface area contributed by atoms with E-state index in [0.717, 1.165) is 11.3 Å². The summed E-state index contributed by atoms with van der Waals surface area (Å²) < 4.78 is 10.2. The number of nitrogens with one attached hydrogen (secondary N) is 1. The zero-order valence-corrected chi connectivity index (χ0v) is 12.3. The number of hydrogen-bond donors (Lipinski definition) is 2. The van der Waals surface area contributed by atoms with Crippen LogP contribution in [0.5, 0.6) is 5.75 Å². The standard InChI is InChI=1S/C15H21NO5/c1-3-21-13-7-5-4-6-11(13)8-9-14(17)16-12(10-20-2)15(18)19/h4-7,12H,3,8-10H2,1-2H3,(H,16,17)(H,18,19). The number of para-hydroxylation sites is 1. The molecule has 0 fully saturated rings. The summed E-state index contributed by atoms with van der Waals surface area (Å²) in [6.07, 6.45) is 0.679. The smallest absolute Gasteiger partial charge is 0.328 e. The summed E-state index contributed by atoms with van der Waals surface area (Å²) in [4.78, 5) is 22.7. The van der Waals surface area contributed by atoms with E-state index in [1.165, 1.54) is 7.11 Å². The van der Waals surface area contributed by atoms with E-state index in [4.69, 9.17) is 14.6 Å². The molecule has 1 aromatic carbocycles. The molecular formula is C15H21NO5. The molecule has 0 aliphatic heterocycles. The molecule has 6 nitrogen and oxygen atoms in total. The predicted octanol–water partition coefficient (Wildman–Crippen LogP) is 1.23. The summed E-state index contributed by atoms with van der Waals surface area (Å²) in [5, 5.41) is 11.4. The van der Waals surface area contributed by atoms with E-state index in [1.807, 2.05) is 31.2 Å². The van der Waals surface area contributed by atoms with Gasteiger partial charge in [-0.15, -0.1) is 0 Å². The molecule has 116 valence electrons. The Morgan fingerprint density at radius 1 is 1.33 bits per heavy atom. The maximum Gasteiger partial charge on any atom is 0.328 e. The van der Waals surface area contributed by atoms with Crippen LogP contribution in [0.15, 0.2) is 24.3 Å². The predicted molar refractivity (Wildman–Crippen MR) is 77.4 cm³/mol. The topological polar surface area (TPSA) is 84.9 Å². The van der Waals surface area contributed by atoms with Gasteiger partial charge in [0.05, 0.1) is 13.2 Å². The Kier molecular flexibility index (Phi) is 7.25. The zero-order chi connectivity index (χ0) is 15.7. The van der Waals surface area contributed by atoms with Gasteiger partial charge in [0.25, 0.3) is 0 Å². The molecule has 1 unspecified atom stereocenters. The molecule has 0 bridgehead atoms. The Bertz CT molecular complexity index is 475. The summed E-state index contributed by atoms with van der Waals surface area (Å²) in [6.45, 7) is 2.39. The van der Waals surface area contributed by atoms with E-state index < -0.39 is 12.0 Å². The molecule has 6 heteroatoms. The lowest BCUT2D eigenvalue weighted by Gasteiger charge is -2.14. The van der Waals surface area contributed by atoms with Crippen molar-refractivity contribution in [3.05, 3.63) is 29.8 Å². The number of amides is 1. The maximum atomic E-state index is 11.8. The van der Waals surface area contributed by atoms with Crippen LogP contribution in [0.3, 0.4) is 0 Å². The highest BCUT2D eigenvalue weighted by Crippen LogP contribution is 2.19. The van der Waals surface area contributed by atoms with Crippen molar-refractivity contribution in [2.45, 2.75) is 25.8 Å². The Balaban J connectivity index is 2.54. The van der Waals surface area contributed by atoms with Gasteiger partial charge in [0.2, 0.25) is 5.91 Å². The van der Waals surface area contributed by atoms with Crippen molar-refractivity contribution in [1.29, 1.82) is 0 Å². The van der Waals surface area contributed by atoms with E-state index in [-0.39, 0.29) is 18.9 Å². The molecule has 0 aliphatic carbocycles. The Morgan fingerprint density at radius 2 is 2.05 bits per heavy atom. The lowest BCUT2D eigenvalue weighted by Crippen LogP contribution is -2.43. The Hall–Kier alpha value is -2.08. The molecular weight excluding hydrogens is 274 g/mol. The number of carboxylic acid groups (broad SMARTS) is 1. The van der Waals surface area contributed by atoms with Gasteiger partial charge < -0.3 is 19.9 Å². The number of carbonyl (C=O) groups is 2. The number of methoxy groups -OCH3 is 1. The quantitative estimate of drug-likeness (QED) is 0.716. The van der Waals surface area contributed by atoms with Crippen molar-refractivity contribution >= 4 is 11.9 Å². The minimum atomic E-state index is -1.11. The minimum absolute atomic E-state index is 0.0589. The van der Waals surface area contributed by atoms with Crippen LogP contribution in [0.1, 0.15) is 18.9 Å². The zero-order valence-electron chi connectivity index (χ0n) is 12.3. The molecule has 1 aromatic rings. The van der Waals surface area contributed by atoms with Gasteiger partial charge in [-0.2, -0.15) is 0 Å². The average Bonchev–Trinajstić information content (AvgIpc) is 2.46. The van der Waals surface area contributed by atoms with Crippen LogP contribution >= 0.6 is 0 Å². The molecule has 1 rings (SSSR count). The average molecular weight is 295 g/mol. The molecule has 0 saturated carbocycles. The van der Waals surface area contributed by atoms with Gasteiger partial charge in [-0.05, 0) is 25.0 Å². The molecule has 1 amide bonds. The number of aryl methyl sites for hydroxylation is 1. The van der Waals surface area contributed by atoms with Gasteiger partial charge in [-0.3, -0.25) is 4.79 Å². The first-order valence-corrected chi connectivity index (χ1v) is 6.80. The largest absolute Gasteiger partial charge is 0.494 e. The molecule has 21 heavy (non-hydrogen) atoms. The van der Waals surface area contributed by atoms with Gasteiger partial charge in [0, 0.05) is 13.5 Å². The monoisotopic (exact) mass is 295 g/mol. The van der Waals surface area contributed by atoms with Gasteiger partial charge >= 0.3 is 5.97 Å². The van der Waals surface area contributed by atoms with E-state index >= 15 is 0 Å². The summed E-state index contributed by atoms with van der Waals surface area (Å²) >= 11 is 0. The van der Waals surface area contributed by atoms with Crippen LogP contribution in [-0.4, -0.2) is 43.3 Å². The van der Waals surface area contributed by atoms with Crippen molar-refractivity contribution in [2.24, 2.45) is 0 Å². The number of rotatable bonds is 9. The highest BCUT2D eigenvalue weighted by molar-refractivity contribution is 5.83. The van der Waals surface area contributed by atoms with Crippen molar-refractivity contribution in [3.8, 4) is 5.75 Å². The molecule has 1 atom stereocenters. The van der Waals surface area contributed by atoms with E-state index in [9.17, 15) is 9.59 Å². The van der Waals surface area contributed by atoms with Crippen LogP contribution < -0.4 is 10.1 Å². The Morgan fingerprint density at radius 3 is 2.67 bits per heavy atom. The minimum Gasteiger partial charge on any atom is -0.494 e. The third-order valence-corrected chi connectivity index (χ3v) is 2.86. The van der Waals surface area contributed by atoms with Gasteiger partial charge in [-0.1, -0.05) is 18.2 Å². The summed E-state index contributed by atoms with van der Waals surface area (Å²) in [5.74, 6) is -0.690. The van der Waals surface area contributed by atoms with E-state index in [1.54, 1.807) is 0 Å². The van der Waals surface area contributed by atoms with Crippen molar-refractivity contribution in [3.63, 3.8) is 0 Å². The SMILES string of the molecule is CCOc1ccccc1CCC(=O)NC(COC)C(=O)O. The summed E-state index contributed by atoms with van der Waals surface area (Å²) in [6, 6.07) is 6.46. The van der Waals surface area contributed by atoms with Crippen molar-refractivity contribution < 1.29 is 24.2 Å². The van der Waals surface area contributed by atoms with E-state index in [2.05, 4.69) is 5.32 Å². The fraction of sp³-hybridized carbons (Fsp3) is 0.467. The fourth-order valence-corrected chi connectivity index (χ4v) is 1.86. The molecule has 0 saturated heterocycles. The van der Waals surface area contributed by atoms with Crippen LogP contribution in [-0.2, 0) is 20.7 Å². The first kappa shape index (κ1) is 17.0. The molecule has 0 spiro atoms. The number of ether oxygens (including phenoxy) is 2. The molecule has 2 N–H and O–H groups in total. The highest BCUT2D eigenvalue weighted by atomic mass is 16.5. The summed E-state index contributed by atoms with van der Waals surface area (Å²) in [7, 11) is 1.39. The summed E-state index contributed by atoms with van der Waals surface area (Å²) in [5.41, 5.74) is 0.924. The molecule has 0 radical (unpaired) electrons. The number of carbonyl (C=O) groups excluding carboxylic acids is 1. The Labute approximate surface area is 124 Å². The van der Waals surface area contributed by atoms with E-state index in [0.29, 0.717) is 13.0 Å². The molecule has 0 aromatic heterocycles. The van der Waals surface area contributed by atoms with Crippen LogP contribution in [0.25, 0.3) is 0 Å². The number of carboxylic acids is 1. The van der Waals surface area contributed by atoms with Crippen LogP contribution in [0.4, 0.5) is 0 Å². The number of aliphatic carboxylic acids is 1. The van der Waals surface area contributed by atoms with Gasteiger partial charge in [0.15, 0.2) is 6.04 Å². The third-order valence-electron chi connectivity index (χ3n) is 2.86. The van der Waals surface area contributed by atoms with Gasteiger partial charge in [-0.25, -0.2) is 4.79 Å². The van der Waals surface area contributed by atoms with Gasteiger partial charge in [0.1, 0.15) is 5.75 Å². The lowest BCUT2D eigenvalue weighted by atomic mass is 10.1.